The van der Waals surface area contributed by atoms with Gasteiger partial charge in [-0.2, -0.15) is 0 Å². The van der Waals surface area contributed by atoms with E-state index in [1.807, 2.05) is 29.5 Å². The Bertz CT molecular complexity index is 511. The van der Waals surface area contributed by atoms with Gasteiger partial charge in [0.05, 0.1) is 12.2 Å². The number of aryl methyl sites for hydroxylation is 1. The minimum Gasteiger partial charge on any atom is -0.480 e. The average Bonchev–Trinajstić information content (AvgIpc) is 2.76. The number of aliphatic carboxylic acids is 1. The molecule has 1 heterocycles. The van der Waals surface area contributed by atoms with Gasteiger partial charge in [-0.15, -0.1) is 11.3 Å². The summed E-state index contributed by atoms with van der Waals surface area (Å²) in [7, 11) is 0. The van der Waals surface area contributed by atoms with Crippen LogP contribution in [0.15, 0.2) is 10.8 Å². The van der Waals surface area contributed by atoms with Crippen LogP contribution in [0.3, 0.4) is 0 Å². The van der Waals surface area contributed by atoms with E-state index in [-0.39, 0.29) is 24.7 Å². The van der Waals surface area contributed by atoms with E-state index in [2.05, 4.69) is 10.6 Å². The van der Waals surface area contributed by atoms with Gasteiger partial charge in [-0.25, -0.2) is 4.79 Å². The number of thiophene rings is 1. The summed E-state index contributed by atoms with van der Waals surface area (Å²) in [5.41, 5.74) is 1.90. The van der Waals surface area contributed by atoms with Gasteiger partial charge in [-0.3, -0.25) is 9.69 Å². The molecule has 0 unspecified atom stereocenters. The predicted octanol–water partition coefficient (Wildman–Crippen LogP) is 2.12. The van der Waals surface area contributed by atoms with Crippen molar-refractivity contribution >= 4 is 29.0 Å². The van der Waals surface area contributed by atoms with E-state index in [1.54, 1.807) is 11.3 Å². The van der Waals surface area contributed by atoms with Gasteiger partial charge < -0.3 is 15.7 Å². The zero-order valence-corrected chi connectivity index (χ0v) is 13.1. The maximum absolute atomic E-state index is 11.9. The molecule has 1 fully saturated rings. The summed E-state index contributed by atoms with van der Waals surface area (Å²) in [6.07, 6.45) is 1.61. The zero-order chi connectivity index (χ0) is 15.4. The summed E-state index contributed by atoms with van der Waals surface area (Å²) < 4.78 is 0. The highest BCUT2D eigenvalue weighted by atomic mass is 32.1. The molecule has 0 aromatic carbocycles. The number of urea groups is 1. The first-order valence-corrected chi connectivity index (χ1v) is 8.00. The fraction of sp³-hybridized carbons (Fsp3) is 0.571. The Balaban J connectivity index is 1.73. The number of anilines is 1. The normalized spacial score (nSPS) is 20.9. The number of carboxylic acids is 1. The standard InChI is InChI=1S/C14H21N3O3S/c1-3-17(6-13(18)19)11-4-10(5-11)15-14(20)16-12-8-21-7-9(12)2/h7-8,10-11H,3-6H2,1-2H3,(H,18,19)(H2,15,16,20). The number of carbonyl (C=O) groups excluding carboxylic acids is 1. The second-order valence-electron chi connectivity index (χ2n) is 5.35. The summed E-state index contributed by atoms with van der Waals surface area (Å²) >= 11 is 1.55. The molecule has 0 bridgehead atoms. The summed E-state index contributed by atoms with van der Waals surface area (Å²) in [6, 6.07) is 0.178. The Labute approximate surface area is 128 Å². The summed E-state index contributed by atoms with van der Waals surface area (Å²) in [4.78, 5) is 24.6. The molecule has 1 aromatic heterocycles. The van der Waals surface area contributed by atoms with Crippen LogP contribution in [0.25, 0.3) is 0 Å². The average molecular weight is 311 g/mol. The van der Waals surface area contributed by atoms with Crippen LogP contribution in [-0.4, -0.2) is 47.2 Å². The van der Waals surface area contributed by atoms with Gasteiger partial charge >= 0.3 is 12.0 Å². The SMILES string of the molecule is CCN(CC(=O)O)C1CC(NC(=O)Nc2cscc2C)C1. The van der Waals surface area contributed by atoms with Crippen LogP contribution in [0.1, 0.15) is 25.3 Å². The lowest BCUT2D eigenvalue weighted by molar-refractivity contribution is -0.139. The molecule has 0 aliphatic heterocycles. The van der Waals surface area contributed by atoms with Crippen molar-refractivity contribution in [1.29, 1.82) is 0 Å². The highest BCUT2D eigenvalue weighted by molar-refractivity contribution is 7.08. The monoisotopic (exact) mass is 311 g/mol. The number of amides is 2. The minimum absolute atomic E-state index is 0.0637. The van der Waals surface area contributed by atoms with Crippen molar-refractivity contribution in [2.45, 2.75) is 38.8 Å². The number of carboxylic acid groups (broad SMARTS) is 1. The second-order valence-corrected chi connectivity index (χ2v) is 6.09. The molecule has 3 N–H and O–H groups in total. The first kappa shape index (κ1) is 15.8. The summed E-state index contributed by atoms with van der Waals surface area (Å²) in [5, 5.41) is 18.5. The molecular formula is C14H21N3O3S. The molecule has 6 nitrogen and oxygen atoms in total. The van der Waals surface area contributed by atoms with Gasteiger partial charge in [0.2, 0.25) is 0 Å². The van der Waals surface area contributed by atoms with E-state index >= 15 is 0 Å². The van der Waals surface area contributed by atoms with Gasteiger partial charge in [-0.1, -0.05) is 6.92 Å². The number of hydrogen-bond donors (Lipinski definition) is 3. The molecule has 1 aliphatic rings. The Kier molecular flexibility index (Phi) is 5.19. The van der Waals surface area contributed by atoms with Crippen LogP contribution in [0.2, 0.25) is 0 Å². The quantitative estimate of drug-likeness (QED) is 0.751. The van der Waals surface area contributed by atoms with Gasteiger partial charge in [0.15, 0.2) is 0 Å². The highest BCUT2D eigenvalue weighted by Gasteiger charge is 2.34. The number of hydrogen-bond acceptors (Lipinski definition) is 4. The fourth-order valence-corrected chi connectivity index (χ4v) is 3.29. The molecule has 21 heavy (non-hydrogen) atoms. The second kappa shape index (κ2) is 6.91. The lowest BCUT2D eigenvalue weighted by atomic mass is 9.85. The van der Waals surface area contributed by atoms with Crippen molar-refractivity contribution in [1.82, 2.24) is 10.2 Å². The summed E-state index contributed by atoms with van der Waals surface area (Å²) in [5.74, 6) is -0.807. The van der Waals surface area contributed by atoms with E-state index in [4.69, 9.17) is 5.11 Å². The fourth-order valence-electron chi connectivity index (χ4n) is 2.51. The molecule has 0 atom stereocenters. The highest BCUT2D eigenvalue weighted by Crippen LogP contribution is 2.26. The van der Waals surface area contributed by atoms with Crippen molar-refractivity contribution < 1.29 is 14.7 Å². The number of rotatable bonds is 6. The van der Waals surface area contributed by atoms with Crippen molar-refractivity contribution in [3.8, 4) is 0 Å². The zero-order valence-electron chi connectivity index (χ0n) is 12.3. The van der Waals surface area contributed by atoms with Crippen LogP contribution in [-0.2, 0) is 4.79 Å². The van der Waals surface area contributed by atoms with Crippen LogP contribution < -0.4 is 10.6 Å². The van der Waals surface area contributed by atoms with E-state index in [9.17, 15) is 9.59 Å². The van der Waals surface area contributed by atoms with Gasteiger partial charge in [-0.05, 0) is 37.3 Å². The first-order valence-electron chi connectivity index (χ1n) is 7.05. The number of nitrogens with one attached hydrogen (secondary N) is 2. The third-order valence-corrected chi connectivity index (χ3v) is 4.67. The van der Waals surface area contributed by atoms with E-state index in [0.717, 1.165) is 24.1 Å². The Hall–Kier alpha value is -1.60. The Morgan fingerprint density at radius 2 is 2.14 bits per heavy atom. The van der Waals surface area contributed by atoms with E-state index < -0.39 is 5.97 Å². The van der Waals surface area contributed by atoms with E-state index in [1.165, 1.54) is 0 Å². The molecular weight excluding hydrogens is 290 g/mol. The molecule has 1 aliphatic carbocycles. The first-order chi connectivity index (χ1) is 9.99. The van der Waals surface area contributed by atoms with Gasteiger partial charge in [0, 0.05) is 17.5 Å². The van der Waals surface area contributed by atoms with Crippen LogP contribution >= 0.6 is 11.3 Å². The molecule has 2 amide bonds. The molecule has 116 valence electrons. The van der Waals surface area contributed by atoms with Gasteiger partial charge in [0.1, 0.15) is 0 Å². The molecule has 2 rings (SSSR count). The molecule has 0 saturated heterocycles. The molecule has 0 radical (unpaired) electrons. The summed E-state index contributed by atoms with van der Waals surface area (Å²) in [6.45, 7) is 4.68. The molecule has 1 saturated carbocycles. The third kappa shape index (κ3) is 4.18. The predicted molar refractivity (Wildman–Crippen MR) is 82.9 cm³/mol. The van der Waals surface area contributed by atoms with Crippen molar-refractivity contribution in [3.05, 3.63) is 16.3 Å². The molecule has 0 spiro atoms. The molecule has 7 heteroatoms. The van der Waals surface area contributed by atoms with Crippen molar-refractivity contribution in [3.63, 3.8) is 0 Å². The van der Waals surface area contributed by atoms with Crippen molar-refractivity contribution in [2.24, 2.45) is 0 Å². The lowest BCUT2D eigenvalue weighted by Crippen LogP contribution is -2.55. The topological polar surface area (TPSA) is 81.7 Å². The Morgan fingerprint density at radius 1 is 1.43 bits per heavy atom. The number of likely N-dealkylation sites (N-methyl/N-ethyl adjacent to an activating group) is 1. The third-order valence-electron chi connectivity index (χ3n) is 3.81. The minimum atomic E-state index is -0.807. The van der Waals surface area contributed by atoms with Crippen molar-refractivity contribution in [2.75, 3.05) is 18.4 Å². The largest absolute Gasteiger partial charge is 0.480 e. The number of carbonyl (C=O) groups is 2. The van der Waals surface area contributed by atoms with Crippen LogP contribution in [0.5, 0.6) is 0 Å². The number of nitrogens with zero attached hydrogens (tertiary/aromatic N) is 1. The smallest absolute Gasteiger partial charge is 0.319 e. The van der Waals surface area contributed by atoms with Gasteiger partial charge in [0.25, 0.3) is 0 Å². The van der Waals surface area contributed by atoms with Crippen LogP contribution in [0.4, 0.5) is 10.5 Å². The maximum atomic E-state index is 11.9. The lowest BCUT2D eigenvalue weighted by Gasteiger charge is -2.42. The maximum Gasteiger partial charge on any atom is 0.319 e. The van der Waals surface area contributed by atoms with Crippen LogP contribution in [0, 0.1) is 6.92 Å². The Morgan fingerprint density at radius 3 is 2.67 bits per heavy atom. The molecule has 1 aromatic rings. The van der Waals surface area contributed by atoms with E-state index in [0.29, 0.717) is 6.54 Å².